The molecule has 0 fully saturated rings. The van der Waals surface area contributed by atoms with Crippen LogP contribution in [0.4, 0.5) is 0 Å². The third-order valence-electron chi connectivity index (χ3n) is 2.60. The van der Waals surface area contributed by atoms with Gasteiger partial charge < -0.3 is 0 Å². The quantitative estimate of drug-likeness (QED) is 0.482. The number of rotatable bonds is 6. The summed E-state index contributed by atoms with van der Waals surface area (Å²) in [5.41, 5.74) is 1.69. The van der Waals surface area contributed by atoms with Crippen molar-refractivity contribution in [1.82, 2.24) is 0 Å². The fraction of sp³-hybridized carbons (Fsp3) is 0.385. The smallest absolute Gasteiger partial charge is 0.282 e. The van der Waals surface area contributed by atoms with Crippen molar-refractivity contribution in [2.24, 2.45) is 0 Å². The van der Waals surface area contributed by atoms with Gasteiger partial charge in [-0.3, -0.25) is 4.55 Å². The molecule has 0 unspecified atom stereocenters. The third-order valence-corrected chi connectivity index (χ3v) is 3.55. The molecule has 1 rings (SSSR count). The van der Waals surface area contributed by atoms with E-state index in [0.29, 0.717) is 12.0 Å². The maximum atomic E-state index is 11.2. The molecular weight excluding hydrogens is 236 g/mol. The zero-order chi connectivity index (χ0) is 12.9. The summed E-state index contributed by atoms with van der Waals surface area (Å²) in [5.74, 6) is 0. The molecule has 17 heavy (non-hydrogen) atoms. The van der Waals surface area contributed by atoms with Crippen LogP contribution in [0, 0.1) is 6.92 Å². The minimum absolute atomic E-state index is 0.0294. The zero-order valence-electron chi connectivity index (χ0n) is 10.0. The van der Waals surface area contributed by atoms with Crippen molar-refractivity contribution in [3.63, 3.8) is 0 Å². The topological polar surface area (TPSA) is 54.4 Å². The highest BCUT2D eigenvalue weighted by atomic mass is 32.2. The number of benzene rings is 1. The van der Waals surface area contributed by atoms with Gasteiger partial charge in [-0.1, -0.05) is 23.8 Å². The van der Waals surface area contributed by atoms with Gasteiger partial charge in [0.1, 0.15) is 0 Å². The number of hydrogen-bond acceptors (Lipinski definition) is 2. The number of hydrogen-bond donors (Lipinski definition) is 1. The molecule has 0 aliphatic carbocycles. The number of aryl methyl sites for hydroxylation is 2. The van der Waals surface area contributed by atoms with Crippen LogP contribution < -0.4 is 0 Å². The molecule has 0 amide bonds. The van der Waals surface area contributed by atoms with E-state index < -0.39 is 10.1 Å². The van der Waals surface area contributed by atoms with Gasteiger partial charge in [0.15, 0.2) is 0 Å². The van der Waals surface area contributed by atoms with Gasteiger partial charge in [0.25, 0.3) is 10.1 Å². The highest BCUT2D eigenvalue weighted by molar-refractivity contribution is 7.85. The van der Waals surface area contributed by atoms with Crippen LogP contribution >= 0.6 is 0 Å². The Kier molecular flexibility index (Phi) is 4.90. The summed E-state index contributed by atoms with van der Waals surface area (Å²) in [6, 6.07) is 4.97. The molecule has 0 spiro atoms. The fourth-order valence-electron chi connectivity index (χ4n) is 1.76. The minimum Gasteiger partial charge on any atom is -0.282 e. The van der Waals surface area contributed by atoms with Gasteiger partial charge in [-0.05, 0) is 44.2 Å². The van der Waals surface area contributed by atoms with E-state index in [0.717, 1.165) is 24.8 Å². The van der Waals surface area contributed by atoms with Crippen molar-refractivity contribution in [1.29, 1.82) is 0 Å². The van der Waals surface area contributed by atoms with Crippen molar-refractivity contribution in [2.45, 2.75) is 37.5 Å². The second-order valence-electron chi connectivity index (χ2n) is 4.12. The molecule has 4 heteroatoms. The molecule has 0 radical (unpaired) electrons. The van der Waals surface area contributed by atoms with Crippen molar-refractivity contribution in [2.75, 3.05) is 0 Å². The standard InChI is InChI=1S/C13H18O3S/c1-3-4-5-6-7-12-10-11(2)8-9-13(12)17(14,15)16/h3,8-10H,1,4-7H2,2H3,(H,14,15,16). The molecule has 0 aliphatic heterocycles. The molecule has 0 heterocycles. The maximum Gasteiger partial charge on any atom is 0.294 e. The van der Waals surface area contributed by atoms with Crippen molar-refractivity contribution < 1.29 is 13.0 Å². The Labute approximate surface area is 103 Å². The minimum atomic E-state index is -4.11. The van der Waals surface area contributed by atoms with Gasteiger partial charge in [0.2, 0.25) is 0 Å². The van der Waals surface area contributed by atoms with Crippen LogP contribution in [0.2, 0.25) is 0 Å². The summed E-state index contributed by atoms with van der Waals surface area (Å²) in [7, 11) is -4.11. The van der Waals surface area contributed by atoms with Crippen LogP contribution in [0.5, 0.6) is 0 Å². The van der Waals surface area contributed by atoms with Crippen LogP contribution in [-0.2, 0) is 16.5 Å². The Morgan fingerprint density at radius 1 is 1.35 bits per heavy atom. The second kappa shape index (κ2) is 5.98. The first-order chi connectivity index (χ1) is 7.95. The van der Waals surface area contributed by atoms with Crippen LogP contribution in [0.1, 0.15) is 30.4 Å². The normalized spacial score (nSPS) is 11.4. The fourth-order valence-corrected chi connectivity index (χ4v) is 2.49. The van der Waals surface area contributed by atoms with Crippen LogP contribution in [0.3, 0.4) is 0 Å². The molecular formula is C13H18O3S. The predicted octanol–water partition coefficient (Wildman–Crippen LogP) is 3.14. The lowest BCUT2D eigenvalue weighted by atomic mass is 10.0. The second-order valence-corrected chi connectivity index (χ2v) is 5.51. The SMILES string of the molecule is C=CCCCCc1cc(C)ccc1S(=O)(=O)O. The summed E-state index contributed by atoms with van der Waals surface area (Å²) < 4.78 is 31.5. The Bertz CT molecular complexity index is 489. The Balaban J connectivity index is 2.88. The number of allylic oxidation sites excluding steroid dienone is 1. The van der Waals surface area contributed by atoms with Gasteiger partial charge in [-0.15, -0.1) is 6.58 Å². The Morgan fingerprint density at radius 3 is 2.65 bits per heavy atom. The number of unbranched alkanes of at least 4 members (excludes halogenated alkanes) is 2. The molecule has 0 bridgehead atoms. The Hall–Kier alpha value is -1.13. The summed E-state index contributed by atoms with van der Waals surface area (Å²) in [6.45, 7) is 5.54. The summed E-state index contributed by atoms with van der Waals surface area (Å²) >= 11 is 0. The first kappa shape index (κ1) is 13.9. The first-order valence-electron chi connectivity index (χ1n) is 5.63. The largest absolute Gasteiger partial charge is 0.294 e. The predicted molar refractivity (Wildman–Crippen MR) is 68.7 cm³/mol. The van der Waals surface area contributed by atoms with E-state index in [1.54, 1.807) is 6.07 Å². The van der Waals surface area contributed by atoms with Crippen LogP contribution in [-0.4, -0.2) is 13.0 Å². The van der Waals surface area contributed by atoms with E-state index >= 15 is 0 Å². The van der Waals surface area contributed by atoms with Crippen molar-refractivity contribution in [3.8, 4) is 0 Å². The highest BCUT2D eigenvalue weighted by Gasteiger charge is 2.14. The molecule has 0 saturated heterocycles. The first-order valence-corrected chi connectivity index (χ1v) is 7.07. The molecule has 0 saturated carbocycles. The van der Waals surface area contributed by atoms with Gasteiger partial charge in [0, 0.05) is 0 Å². The van der Waals surface area contributed by atoms with E-state index in [-0.39, 0.29) is 4.90 Å². The average molecular weight is 254 g/mol. The van der Waals surface area contributed by atoms with Crippen LogP contribution in [0.15, 0.2) is 35.7 Å². The molecule has 94 valence electrons. The van der Waals surface area contributed by atoms with E-state index in [9.17, 15) is 8.42 Å². The highest BCUT2D eigenvalue weighted by Crippen LogP contribution is 2.19. The monoisotopic (exact) mass is 254 g/mol. The molecule has 1 aromatic carbocycles. The van der Waals surface area contributed by atoms with Crippen molar-refractivity contribution in [3.05, 3.63) is 42.0 Å². The molecule has 0 atom stereocenters. The third kappa shape index (κ3) is 4.32. The van der Waals surface area contributed by atoms with Gasteiger partial charge in [-0.25, -0.2) is 0 Å². The lowest BCUT2D eigenvalue weighted by Crippen LogP contribution is -2.03. The summed E-state index contributed by atoms with van der Waals surface area (Å²) in [4.78, 5) is 0.0294. The zero-order valence-corrected chi connectivity index (χ0v) is 10.8. The maximum absolute atomic E-state index is 11.2. The van der Waals surface area contributed by atoms with Crippen molar-refractivity contribution >= 4 is 10.1 Å². The van der Waals surface area contributed by atoms with E-state index in [1.165, 1.54) is 6.07 Å². The molecule has 1 aromatic rings. The van der Waals surface area contributed by atoms with Gasteiger partial charge in [0.05, 0.1) is 4.90 Å². The molecule has 3 nitrogen and oxygen atoms in total. The van der Waals surface area contributed by atoms with E-state index in [1.807, 2.05) is 19.1 Å². The Morgan fingerprint density at radius 2 is 2.06 bits per heavy atom. The molecule has 1 N–H and O–H groups in total. The van der Waals surface area contributed by atoms with E-state index in [2.05, 4.69) is 6.58 Å². The van der Waals surface area contributed by atoms with Crippen LogP contribution in [0.25, 0.3) is 0 Å². The summed E-state index contributed by atoms with van der Waals surface area (Å²) in [6.07, 6.45) is 5.29. The molecule has 0 aromatic heterocycles. The molecule has 0 aliphatic rings. The lowest BCUT2D eigenvalue weighted by molar-refractivity contribution is 0.481. The van der Waals surface area contributed by atoms with Gasteiger partial charge >= 0.3 is 0 Å². The summed E-state index contributed by atoms with van der Waals surface area (Å²) in [5, 5.41) is 0. The van der Waals surface area contributed by atoms with Gasteiger partial charge in [-0.2, -0.15) is 8.42 Å². The lowest BCUT2D eigenvalue weighted by Gasteiger charge is -2.07. The average Bonchev–Trinajstić information content (AvgIpc) is 2.23. The van der Waals surface area contributed by atoms with E-state index in [4.69, 9.17) is 4.55 Å².